The molecule has 0 spiro atoms. The van der Waals surface area contributed by atoms with Crippen LogP contribution in [-0.4, -0.2) is 23.8 Å². The van der Waals surface area contributed by atoms with Crippen molar-refractivity contribution in [2.75, 3.05) is 0 Å². The van der Waals surface area contributed by atoms with Crippen LogP contribution in [0.4, 0.5) is 26.3 Å². The Morgan fingerprint density at radius 3 is 1.35 bits per heavy atom. The molecule has 162 valence electrons. The Morgan fingerprint density at radius 2 is 1.00 bits per heavy atom. The predicted molar refractivity (Wildman–Crippen MR) is 109 cm³/mol. The van der Waals surface area contributed by atoms with Gasteiger partial charge in [-0.2, -0.15) is 26.3 Å². The molecule has 9 heteroatoms. The maximum absolute atomic E-state index is 14.4. The Morgan fingerprint density at radius 1 is 0.645 bits per heavy atom. The first-order valence-corrected chi connectivity index (χ1v) is 10.7. The van der Waals surface area contributed by atoms with Gasteiger partial charge in [-0.1, -0.05) is 91.0 Å². The minimum Gasteiger partial charge on any atom is -0.307 e. The molecular weight excluding hydrogens is 439 g/mol. The Kier molecular flexibility index (Phi) is 6.41. The molecule has 0 fully saturated rings. The SMILES string of the molecule is O=P(C(=NC(C(F)(F)F)C(F)(F)F)c1ccccc1)(c1ccccc1)c1ccccc1. The van der Waals surface area contributed by atoms with E-state index < -0.39 is 31.0 Å². The van der Waals surface area contributed by atoms with Gasteiger partial charge in [0.05, 0.1) is 0 Å². The molecule has 0 heterocycles. The van der Waals surface area contributed by atoms with Crippen LogP contribution in [-0.2, 0) is 4.57 Å². The highest BCUT2D eigenvalue weighted by Gasteiger charge is 2.58. The van der Waals surface area contributed by atoms with Gasteiger partial charge in [0.15, 0.2) is 7.14 Å². The molecule has 0 aliphatic heterocycles. The second-order valence-corrected chi connectivity index (χ2v) is 9.26. The number of rotatable bonds is 5. The average Bonchev–Trinajstić information content (AvgIpc) is 2.74. The van der Waals surface area contributed by atoms with Gasteiger partial charge in [-0.05, 0) is 0 Å². The number of nitrogens with zero attached hydrogens (tertiary/aromatic N) is 1. The Hall–Kier alpha value is -2.86. The van der Waals surface area contributed by atoms with Crippen LogP contribution in [0.5, 0.6) is 0 Å². The molecule has 0 saturated carbocycles. The van der Waals surface area contributed by atoms with Gasteiger partial charge >= 0.3 is 12.4 Å². The minimum absolute atomic E-state index is 0.0758. The van der Waals surface area contributed by atoms with Crippen LogP contribution in [0.15, 0.2) is 96.0 Å². The van der Waals surface area contributed by atoms with E-state index >= 15 is 0 Å². The summed E-state index contributed by atoms with van der Waals surface area (Å²) in [6.07, 6.45) is -11.4. The fraction of sp³-hybridized carbons (Fsp3) is 0.136. The molecule has 0 saturated heterocycles. The maximum atomic E-state index is 14.4. The average molecular weight is 455 g/mol. The van der Waals surface area contributed by atoms with E-state index in [1.165, 1.54) is 72.8 Å². The van der Waals surface area contributed by atoms with E-state index in [9.17, 15) is 30.9 Å². The van der Waals surface area contributed by atoms with E-state index in [1.807, 2.05) is 0 Å². The molecule has 3 rings (SSSR count). The monoisotopic (exact) mass is 455 g/mol. The molecule has 31 heavy (non-hydrogen) atoms. The highest BCUT2D eigenvalue weighted by Crippen LogP contribution is 2.49. The van der Waals surface area contributed by atoms with Gasteiger partial charge in [0, 0.05) is 16.2 Å². The van der Waals surface area contributed by atoms with Gasteiger partial charge < -0.3 is 4.57 Å². The minimum atomic E-state index is -5.71. The summed E-state index contributed by atoms with van der Waals surface area (Å²) in [5.74, 6) is 0. The third-order valence-electron chi connectivity index (χ3n) is 4.44. The zero-order valence-electron chi connectivity index (χ0n) is 15.8. The lowest BCUT2D eigenvalue weighted by molar-refractivity contribution is -0.247. The number of benzene rings is 3. The van der Waals surface area contributed by atoms with Crippen molar-refractivity contribution in [3.8, 4) is 0 Å². The molecule has 0 radical (unpaired) electrons. The smallest absolute Gasteiger partial charge is 0.307 e. The van der Waals surface area contributed by atoms with Crippen LogP contribution < -0.4 is 10.6 Å². The van der Waals surface area contributed by atoms with Gasteiger partial charge in [-0.25, -0.2) is 0 Å². The number of hydrogen-bond acceptors (Lipinski definition) is 2. The van der Waals surface area contributed by atoms with Crippen molar-refractivity contribution < 1.29 is 30.9 Å². The van der Waals surface area contributed by atoms with Gasteiger partial charge in [-0.15, -0.1) is 0 Å². The van der Waals surface area contributed by atoms with Crippen molar-refractivity contribution in [2.24, 2.45) is 4.99 Å². The van der Waals surface area contributed by atoms with Gasteiger partial charge in [0.1, 0.15) is 5.45 Å². The first kappa shape index (κ1) is 22.8. The van der Waals surface area contributed by atoms with Crippen molar-refractivity contribution in [3.63, 3.8) is 0 Å². The third kappa shape index (κ3) is 4.90. The number of aliphatic imine (C=N–C) groups is 1. The third-order valence-corrected chi connectivity index (χ3v) is 7.46. The van der Waals surface area contributed by atoms with Crippen LogP contribution >= 0.6 is 7.14 Å². The van der Waals surface area contributed by atoms with E-state index in [4.69, 9.17) is 0 Å². The Bertz CT molecular complexity index is 1020. The molecule has 0 aliphatic rings. The molecule has 0 unspecified atom stereocenters. The number of alkyl halides is 6. The zero-order chi connectivity index (χ0) is 22.7. The van der Waals surface area contributed by atoms with Crippen LogP contribution in [0.2, 0.25) is 0 Å². The molecular formula is C22H16F6NOP. The normalized spacial score (nSPS) is 13.5. The van der Waals surface area contributed by atoms with Crippen LogP contribution in [0.1, 0.15) is 5.56 Å². The van der Waals surface area contributed by atoms with Crippen LogP contribution in [0, 0.1) is 0 Å². The molecule has 0 amide bonds. The Balaban J connectivity index is 2.40. The molecule has 0 N–H and O–H groups in total. The second kappa shape index (κ2) is 8.71. The van der Waals surface area contributed by atoms with E-state index in [0.29, 0.717) is 0 Å². The van der Waals surface area contributed by atoms with Gasteiger partial charge in [-0.3, -0.25) is 4.99 Å². The lowest BCUT2D eigenvalue weighted by Crippen LogP contribution is -2.42. The van der Waals surface area contributed by atoms with E-state index in [0.717, 1.165) is 0 Å². The number of halogens is 6. The fourth-order valence-corrected chi connectivity index (χ4v) is 5.81. The van der Waals surface area contributed by atoms with E-state index in [-0.39, 0.29) is 16.2 Å². The summed E-state index contributed by atoms with van der Waals surface area (Å²) in [5.41, 5.74) is -0.845. The summed E-state index contributed by atoms with van der Waals surface area (Å²) < 4.78 is 94.7. The largest absolute Gasteiger partial charge is 0.419 e. The quantitative estimate of drug-likeness (QED) is 0.266. The first-order valence-electron chi connectivity index (χ1n) is 9.03. The summed E-state index contributed by atoms with van der Waals surface area (Å²) in [7, 11) is -4.20. The summed E-state index contributed by atoms with van der Waals surface area (Å²) >= 11 is 0. The first-order chi connectivity index (χ1) is 14.5. The van der Waals surface area contributed by atoms with E-state index in [2.05, 4.69) is 4.99 Å². The maximum Gasteiger partial charge on any atom is 0.419 e. The topological polar surface area (TPSA) is 29.4 Å². The molecule has 0 atom stereocenters. The summed E-state index contributed by atoms with van der Waals surface area (Å²) in [6, 6.07) is 17.9. The lowest BCUT2D eigenvalue weighted by atomic mass is 10.2. The summed E-state index contributed by atoms with van der Waals surface area (Å²) in [5, 5.41) is 0.152. The molecule has 0 bridgehead atoms. The molecule has 3 aromatic carbocycles. The van der Waals surface area contributed by atoms with E-state index in [1.54, 1.807) is 18.2 Å². The van der Waals surface area contributed by atoms with Crippen molar-refractivity contribution in [1.29, 1.82) is 0 Å². The van der Waals surface area contributed by atoms with Gasteiger partial charge in [0.25, 0.3) is 0 Å². The fourth-order valence-electron chi connectivity index (χ4n) is 3.05. The Labute approximate surface area is 174 Å². The molecule has 3 aromatic rings. The van der Waals surface area contributed by atoms with Crippen molar-refractivity contribution >= 4 is 23.2 Å². The van der Waals surface area contributed by atoms with Crippen molar-refractivity contribution in [3.05, 3.63) is 96.6 Å². The lowest BCUT2D eigenvalue weighted by Gasteiger charge is -2.26. The molecule has 2 nitrogen and oxygen atoms in total. The van der Waals surface area contributed by atoms with Gasteiger partial charge in [0.2, 0.25) is 6.04 Å². The number of hydrogen-bond donors (Lipinski definition) is 0. The molecule has 0 aliphatic carbocycles. The highest BCUT2D eigenvalue weighted by molar-refractivity contribution is 7.93. The van der Waals surface area contributed by atoms with Crippen LogP contribution in [0.25, 0.3) is 0 Å². The van der Waals surface area contributed by atoms with Crippen molar-refractivity contribution in [2.45, 2.75) is 18.4 Å². The summed E-state index contributed by atoms with van der Waals surface area (Å²) in [4.78, 5) is 3.12. The van der Waals surface area contributed by atoms with Crippen molar-refractivity contribution in [1.82, 2.24) is 0 Å². The predicted octanol–water partition coefficient (Wildman–Crippen LogP) is 5.94. The summed E-state index contributed by atoms with van der Waals surface area (Å²) in [6.45, 7) is 0. The second-order valence-electron chi connectivity index (χ2n) is 6.58. The highest BCUT2D eigenvalue weighted by atomic mass is 31.2. The zero-order valence-corrected chi connectivity index (χ0v) is 16.7. The van der Waals surface area contributed by atoms with Crippen LogP contribution in [0.3, 0.4) is 0 Å². The molecule has 0 aromatic heterocycles. The standard InChI is InChI=1S/C22H16F6NOP/c23-21(24,25)20(22(26,27)28)29-19(16-10-4-1-5-11-16)31(30,17-12-6-2-7-13-17)18-14-8-3-9-15-18/h1-15,20H.